The van der Waals surface area contributed by atoms with Gasteiger partial charge in [0.05, 0.1) is 5.56 Å². The quantitative estimate of drug-likeness (QED) is 0.655. The Kier molecular flexibility index (Phi) is 5.84. The summed E-state index contributed by atoms with van der Waals surface area (Å²) in [6.45, 7) is 2.68. The molecule has 0 saturated heterocycles. The van der Waals surface area contributed by atoms with E-state index in [-0.39, 0.29) is 17.6 Å². The van der Waals surface area contributed by atoms with Crippen molar-refractivity contribution < 1.29 is 13.6 Å². The maximum atomic E-state index is 13.8. The maximum absolute atomic E-state index is 13.8. The summed E-state index contributed by atoms with van der Waals surface area (Å²) in [4.78, 5) is 12.1. The van der Waals surface area contributed by atoms with Crippen LogP contribution in [0.15, 0.2) is 71.1 Å². The molecule has 0 aliphatic heterocycles. The number of hydrogen-bond acceptors (Lipinski definition) is 2. The second-order valence-electron chi connectivity index (χ2n) is 6.36. The van der Waals surface area contributed by atoms with Crippen molar-refractivity contribution in [2.45, 2.75) is 25.7 Å². The number of rotatable bonds is 7. The van der Waals surface area contributed by atoms with Gasteiger partial charge in [-0.25, -0.2) is 4.39 Å². The molecule has 0 bridgehead atoms. The second-order valence-corrected chi connectivity index (χ2v) is 6.36. The highest BCUT2D eigenvalue weighted by Crippen LogP contribution is 2.25. The molecule has 0 aliphatic carbocycles. The summed E-state index contributed by atoms with van der Waals surface area (Å²) in [5.41, 5.74) is 1.63. The van der Waals surface area contributed by atoms with Crippen LogP contribution in [0.2, 0.25) is 0 Å². The number of benzene rings is 2. The van der Waals surface area contributed by atoms with E-state index < -0.39 is 0 Å². The van der Waals surface area contributed by atoms with Crippen LogP contribution in [0, 0.1) is 5.82 Å². The fraction of sp³-hybridized carbons (Fsp3) is 0.227. The summed E-state index contributed by atoms with van der Waals surface area (Å²) in [5, 5.41) is 2.96. The lowest BCUT2D eigenvalue weighted by atomic mass is 10.0. The first-order valence-electron chi connectivity index (χ1n) is 8.79. The number of carbonyl (C=O) groups excluding carboxylic acids is 1. The second kappa shape index (κ2) is 8.48. The first kappa shape index (κ1) is 17.9. The molecule has 1 unspecified atom stereocenters. The zero-order valence-corrected chi connectivity index (χ0v) is 14.7. The molecule has 2 aromatic carbocycles. The molecule has 1 amide bonds. The van der Waals surface area contributed by atoms with Crippen molar-refractivity contribution >= 4 is 5.91 Å². The summed E-state index contributed by atoms with van der Waals surface area (Å²) in [6, 6.07) is 20.1. The van der Waals surface area contributed by atoms with Gasteiger partial charge in [0.15, 0.2) is 0 Å². The van der Waals surface area contributed by atoms with E-state index in [4.69, 9.17) is 4.42 Å². The van der Waals surface area contributed by atoms with E-state index in [2.05, 4.69) is 24.4 Å². The first-order chi connectivity index (χ1) is 12.6. The van der Waals surface area contributed by atoms with Gasteiger partial charge in [-0.1, -0.05) is 49.4 Å². The van der Waals surface area contributed by atoms with Crippen LogP contribution in [0.3, 0.4) is 0 Å². The zero-order chi connectivity index (χ0) is 18.4. The number of furan rings is 1. The normalized spacial score (nSPS) is 11.9. The summed E-state index contributed by atoms with van der Waals surface area (Å²) in [5.74, 6) is 1.08. The smallest absolute Gasteiger partial charge is 0.220 e. The highest BCUT2D eigenvalue weighted by atomic mass is 19.1. The van der Waals surface area contributed by atoms with Crippen molar-refractivity contribution in [2.24, 2.45) is 0 Å². The van der Waals surface area contributed by atoms with E-state index in [1.165, 1.54) is 11.6 Å². The number of nitrogens with one attached hydrogen (secondary N) is 1. The maximum Gasteiger partial charge on any atom is 0.220 e. The molecule has 1 heterocycles. The molecule has 3 rings (SSSR count). The van der Waals surface area contributed by atoms with Crippen molar-refractivity contribution in [2.75, 3.05) is 6.54 Å². The topological polar surface area (TPSA) is 42.2 Å². The standard InChI is InChI=1S/C22H22FNO2/c1-16(17-7-3-2-4-8-17)15-24-22(25)14-12-18-11-13-21(26-18)19-9-5-6-10-20(19)23/h2-11,13,16H,12,14-15H2,1H3,(H,24,25). The minimum atomic E-state index is -0.318. The molecule has 3 nitrogen and oxygen atoms in total. The Balaban J connectivity index is 1.49. The number of aryl methyl sites for hydroxylation is 1. The third kappa shape index (κ3) is 4.60. The first-order valence-corrected chi connectivity index (χ1v) is 8.79. The van der Waals surface area contributed by atoms with Crippen molar-refractivity contribution in [1.82, 2.24) is 5.32 Å². The molecule has 1 N–H and O–H groups in total. The van der Waals surface area contributed by atoms with Gasteiger partial charge in [-0.05, 0) is 35.7 Å². The van der Waals surface area contributed by atoms with Crippen LogP contribution < -0.4 is 5.32 Å². The van der Waals surface area contributed by atoms with Gasteiger partial charge in [-0.2, -0.15) is 0 Å². The van der Waals surface area contributed by atoms with E-state index in [9.17, 15) is 9.18 Å². The van der Waals surface area contributed by atoms with Crippen LogP contribution in [0.25, 0.3) is 11.3 Å². The van der Waals surface area contributed by atoms with Gasteiger partial charge < -0.3 is 9.73 Å². The Morgan fingerprint density at radius 2 is 1.77 bits per heavy atom. The van der Waals surface area contributed by atoms with E-state index >= 15 is 0 Å². The lowest BCUT2D eigenvalue weighted by Crippen LogP contribution is -2.27. The van der Waals surface area contributed by atoms with Gasteiger partial charge in [-0.15, -0.1) is 0 Å². The lowest BCUT2D eigenvalue weighted by molar-refractivity contribution is -0.121. The van der Waals surface area contributed by atoms with E-state index in [1.54, 1.807) is 30.3 Å². The Morgan fingerprint density at radius 3 is 2.54 bits per heavy atom. The molecule has 0 saturated carbocycles. The minimum Gasteiger partial charge on any atom is -0.461 e. The molecule has 1 aromatic heterocycles. The van der Waals surface area contributed by atoms with Crippen LogP contribution in [-0.4, -0.2) is 12.5 Å². The number of amides is 1. The molecule has 134 valence electrons. The summed E-state index contributed by atoms with van der Waals surface area (Å²) < 4.78 is 19.5. The van der Waals surface area contributed by atoms with Gasteiger partial charge >= 0.3 is 0 Å². The van der Waals surface area contributed by atoms with Crippen molar-refractivity contribution in [1.29, 1.82) is 0 Å². The molecular weight excluding hydrogens is 329 g/mol. The van der Waals surface area contributed by atoms with Gasteiger partial charge in [0.2, 0.25) is 5.91 Å². The predicted octanol–water partition coefficient (Wildman–Crippen LogP) is 4.94. The average Bonchev–Trinajstić information content (AvgIpc) is 3.14. The van der Waals surface area contributed by atoms with Crippen LogP contribution in [0.5, 0.6) is 0 Å². The molecule has 0 spiro atoms. The molecule has 0 radical (unpaired) electrons. The number of carbonyl (C=O) groups is 1. The Bertz CT molecular complexity index is 857. The molecule has 3 aromatic rings. The Hall–Kier alpha value is -2.88. The molecular formula is C22H22FNO2. The highest BCUT2D eigenvalue weighted by molar-refractivity contribution is 5.76. The van der Waals surface area contributed by atoms with Crippen LogP contribution in [0.4, 0.5) is 4.39 Å². The third-order valence-electron chi connectivity index (χ3n) is 4.37. The van der Waals surface area contributed by atoms with Gasteiger partial charge in [-0.3, -0.25) is 4.79 Å². The van der Waals surface area contributed by atoms with Crippen LogP contribution in [0.1, 0.15) is 30.6 Å². The van der Waals surface area contributed by atoms with Gasteiger partial charge in [0, 0.05) is 19.4 Å². The summed E-state index contributed by atoms with van der Waals surface area (Å²) in [6.07, 6.45) is 0.825. The molecule has 0 fully saturated rings. The molecule has 26 heavy (non-hydrogen) atoms. The minimum absolute atomic E-state index is 0.0170. The summed E-state index contributed by atoms with van der Waals surface area (Å²) >= 11 is 0. The van der Waals surface area contributed by atoms with Crippen LogP contribution >= 0.6 is 0 Å². The summed E-state index contributed by atoms with van der Waals surface area (Å²) in [7, 11) is 0. The van der Waals surface area contributed by atoms with Gasteiger partial charge in [0.25, 0.3) is 0 Å². The van der Waals surface area contributed by atoms with Crippen molar-refractivity contribution in [3.8, 4) is 11.3 Å². The predicted molar refractivity (Wildman–Crippen MR) is 100 cm³/mol. The molecule has 0 aliphatic rings. The van der Waals surface area contributed by atoms with E-state index in [0.29, 0.717) is 36.5 Å². The average molecular weight is 351 g/mol. The van der Waals surface area contributed by atoms with Crippen LogP contribution in [-0.2, 0) is 11.2 Å². The Labute approximate surface area is 152 Å². The zero-order valence-electron chi connectivity index (χ0n) is 14.7. The van der Waals surface area contributed by atoms with Gasteiger partial charge in [0.1, 0.15) is 17.3 Å². The van der Waals surface area contributed by atoms with Crippen molar-refractivity contribution in [3.05, 3.63) is 83.9 Å². The number of hydrogen-bond donors (Lipinski definition) is 1. The fourth-order valence-electron chi connectivity index (χ4n) is 2.81. The third-order valence-corrected chi connectivity index (χ3v) is 4.37. The van der Waals surface area contributed by atoms with E-state index in [1.807, 2.05) is 18.2 Å². The van der Waals surface area contributed by atoms with E-state index in [0.717, 1.165) is 0 Å². The number of halogens is 1. The SMILES string of the molecule is CC(CNC(=O)CCc1ccc(-c2ccccc2F)o1)c1ccccc1. The fourth-order valence-corrected chi connectivity index (χ4v) is 2.81. The largest absolute Gasteiger partial charge is 0.461 e. The molecule has 4 heteroatoms. The molecule has 1 atom stereocenters. The Morgan fingerprint density at radius 1 is 1.04 bits per heavy atom. The highest BCUT2D eigenvalue weighted by Gasteiger charge is 2.11. The monoisotopic (exact) mass is 351 g/mol. The lowest BCUT2D eigenvalue weighted by Gasteiger charge is -2.12. The van der Waals surface area contributed by atoms with Crippen molar-refractivity contribution in [3.63, 3.8) is 0 Å².